The lowest BCUT2D eigenvalue weighted by Gasteiger charge is -2.04. The number of hydrogen-bond acceptors (Lipinski definition) is 3. The molecule has 1 aromatic heterocycles. The molecular weight excluding hydrogens is 254 g/mol. The molecule has 3 aromatic rings. The summed E-state index contributed by atoms with van der Waals surface area (Å²) in [5.74, 6) is -0.541. The maximum atomic E-state index is 11.2. The number of carboxylic acids is 1. The molecule has 0 saturated carbocycles. The largest absolute Gasteiger partial charge is 0.478 e. The van der Waals surface area contributed by atoms with E-state index in [1.807, 2.05) is 32.0 Å². The van der Waals surface area contributed by atoms with Gasteiger partial charge < -0.3 is 9.52 Å². The number of hydrogen-bond donors (Lipinski definition) is 1. The van der Waals surface area contributed by atoms with Gasteiger partial charge in [0, 0.05) is 5.56 Å². The lowest BCUT2D eigenvalue weighted by Crippen LogP contribution is -1.96. The second-order valence-corrected chi connectivity index (χ2v) is 4.74. The van der Waals surface area contributed by atoms with E-state index in [4.69, 9.17) is 4.42 Å². The number of carboxylic acid groups (broad SMARTS) is 1. The van der Waals surface area contributed by atoms with Crippen LogP contribution in [-0.4, -0.2) is 16.1 Å². The van der Waals surface area contributed by atoms with Gasteiger partial charge in [0.05, 0.1) is 5.56 Å². The summed E-state index contributed by atoms with van der Waals surface area (Å²) in [6.07, 6.45) is 0. The number of aromatic nitrogens is 1. The fraction of sp³-hybridized carbons (Fsp3) is 0.125. The number of nitrogens with zero attached hydrogens (tertiary/aromatic N) is 1. The maximum Gasteiger partial charge on any atom is 0.338 e. The minimum absolute atomic E-state index is 0.156. The van der Waals surface area contributed by atoms with Crippen LogP contribution in [0.4, 0.5) is 0 Å². The molecule has 20 heavy (non-hydrogen) atoms. The minimum Gasteiger partial charge on any atom is -0.478 e. The predicted octanol–water partition coefficient (Wildman–Crippen LogP) is 3.81. The number of aryl methyl sites for hydroxylation is 2. The highest BCUT2D eigenvalue weighted by Gasteiger charge is 2.17. The van der Waals surface area contributed by atoms with Gasteiger partial charge in [0.1, 0.15) is 5.52 Å². The molecule has 4 heteroatoms. The summed E-state index contributed by atoms with van der Waals surface area (Å²) >= 11 is 0. The molecule has 0 aliphatic rings. The highest BCUT2D eigenvalue weighted by atomic mass is 16.4. The van der Waals surface area contributed by atoms with Crippen molar-refractivity contribution in [2.24, 2.45) is 0 Å². The van der Waals surface area contributed by atoms with Gasteiger partial charge in [0.15, 0.2) is 5.58 Å². The van der Waals surface area contributed by atoms with Crippen LogP contribution in [0.3, 0.4) is 0 Å². The second kappa shape index (κ2) is 4.49. The van der Waals surface area contributed by atoms with E-state index < -0.39 is 5.97 Å². The Morgan fingerprint density at radius 2 is 1.75 bits per heavy atom. The van der Waals surface area contributed by atoms with Crippen molar-refractivity contribution in [3.05, 3.63) is 53.1 Å². The highest BCUT2D eigenvalue weighted by molar-refractivity contribution is 6.00. The molecule has 0 aliphatic heterocycles. The Hall–Kier alpha value is -2.62. The summed E-state index contributed by atoms with van der Waals surface area (Å²) in [7, 11) is 0. The van der Waals surface area contributed by atoms with Gasteiger partial charge in [-0.05, 0) is 37.1 Å². The van der Waals surface area contributed by atoms with Crippen LogP contribution in [0.15, 0.2) is 40.8 Å². The third-order valence-electron chi connectivity index (χ3n) is 3.34. The van der Waals surface area contributed by atoms with E-state index >= 15 is 0 Å². The van der Waals surface area contributed by atoms with E-state index in [2.05, 4.69) is 4.98 Å². The Bertz CT molecular complexity index is 797. The first kappa shape index (κ1) is 12.4. The molecule has 0 aliphatic carbocycles. The van der Waals surface area contributed by atoms with Gasteiger partial charge in [-0.2, -0.15) is 0 Å². The standard InChI is InChI=1S/C16H13NO3/c1-9-5-3-6-10(2)13(9)15-17-14-11(16(18)19)7-4-8-12(14)20-15/h3-8H,1-2H3,(H,18,19). The molecule has 0 amide bonds. The Kier molecular flexibility index (Phi) is 2.79. The third-order valence-corrected chi connectivity index (χ3v) is 3.34. The average molecular weight is 267 g/mol. The first-order valence-electron chi connectivity index (χ1n) is 6.27. The van der Waals surface area contributed by atoms with Crippen LogP contribution in [0.1, 0.15) is 21.5 Å². The number of oxazole rings is 1. The van der Waals surface area contributed by atoms with Crippen molar-refractivity contribution < 1.29 is 14.3 Å². The van der Waals surface area contributed by atoms with Crippen LogP contribution in [0.2, 0.25) is 0 Å². The Morgan fingerprint density at radius 3 is 2.40 bits per heavy atom. The smallest absolute Gasteiger partial charge is 0.338 e. The number of carbonyl (C=O) groups is 1. The predicted molar refractivity (Wildman–Crippen MR) is 75.9 cm³/mol. The molecule has 0 radical (unpaired) electrons. The van der Waals surface area contributed by atoms with Crippen molar-refractivity contribution in [3.63, 3.8) is 0 Å². The molecule has 0 unspecified atom stereocenters. The molecule has 0 spiro atoms. The monoisotopic (exact) mass is 267 g/mol. The van der Waals surface area contributed by atoms with E-state index in [0.717, 1.165) is 16.7 Å². The summed E-state index contributed by atoms with van der Waals surface area (Å²) in [5, 5.41) is 9.19. The van der Waals surface area contributed by atoms with Gasteiger partial charge in [-0.15, -0.1) is 0 Å². The minimum atomic E-state index is -1.00. The molecule has 2 aromatic carbocycles. The summed E-state index contributed by atoms with van der Waals surface area (Å²) in [5.41, 5.74) is 4.05. The normalized spacial score (nSPS) is 10.9. The van der Waals surface area contributed by atoms with E-state index in [-0.39, 0.29) is 5.56 Å². The van der Waals surface area contributed by atoms with Gasteiger partial charge >= 0.3 is 5.97 Å². The van der Waals surface area contributed by atoms with E-state index in [1.165, 1.54) is 6.07 Å². The van der Waals surface area contributed by atoms with Gasteiger partial charge in [-0.3, -0.25) is 0 Å². The zero-order chi connectivity index (χ0) is 14.3. The topological polar surface area (TPSA) is 63.3 Å². The van der Waals surface area contributed by atoms with Crippen molar-refractivity contribution in [2.75, 3.05) is 0 Å². The molecule has 0 saturated heterocycles. The van der Waals surface area contributed by atoms with Crippen LogP contribution in [0.25, 0.3) is 22.6 Å². The van der Waals surface area contributed by atoms with Crippen molar-refractivity contribution >= 4 is 17.1 Å². The second-order valence-electron chi connectivity index (χ2n) is 4.74. The van der Waals surface area contributed by atoms with Crippen LogP contribution in [-0.2, 0) is 0 Å². The SMILES string of the molecule is Cc1cccc(C)c1-c1nc2c(C(=O)O)cccc2o1. The number of rotatable bonds is 2. The van der Waals surface area contributed by atoms with Crippen molar-refractivity contribution in [3.8, 4) is 11.5 Å². The fourth-order valence-electron chi connectivity index (χ4n) is 2.38. The number of aromatic carboxylic acids is 1. The van der Waals surface area contributed by atoms with Crippen LogP contribution in [0, 0.1) is 13.8 Å². The molecular formula is C16H13NO3. The zero-order valence-corrected chi connectivity index (χ0v) is 11.2. The lowest BCUT2D eigenvalue weighted by atomic mass is 10.0. The fourth-order valence-corrected chi connectivity index (χ4v) is 2.38. The van der Waals surface area contributed by atoms with E-state index in [0.29, 0.717) is 17.0 Å². The summed E-state index contributed by atoms with van der Waals surface area (Å²) in [4.78, 5) is 15.6. The molecule has 4 nitrogen and oxygen atoms in total. The maximum absolute atomic E-state index is 11.2. The zero-order valence-electron chi connectivity index (χ0n) is 11.2. The van der Waals surface area contributed by atoms with Crippen molar-refractivity contribution in [2.45, 2.75) is 13.8 Å². The van der Waals surface area contributed by atoms with Crippen molar-refractivity contribution in [1.29, 1.82) is 0 Å². The molecule has 0 atom stereocenters. The Morgan fingerprint density at radius 1 is 1.10 bits per heavy atom. The molecule has 0 fully saturated rings. The Balaban J connectivity index is 2.29. The van der Waals surface area contributed by atoms with E-state index in [1.54, 1.807) is 12.1 Å². The molecule has 3 rings (SSSR count). The quantitative estimate of drug-likeness (QED) is 0.766. The first-order valence-corrected chi connectivity index (χ1v) is 6.27. The highest BCUT2D eigenvalue weighted by Crippen LogP contribution is 2.30. The summed E-state index contributed by atoms with van der Waals surface area (Å²) < 4.78 is 5.73. The van der Waals surface area contributed by atoms with Crippen LogP contribution in [0.5, 0.6) is 0 Å². The average Bonchev–Trinajstić information content (AvgIpc) is 2.81. The van der Waals surface area contributed by atoms with Crippen LogP contribution < -0.4 is 0 Å². The first-order chi connectivity index (χ1) is 9.58. The summed E-state index contributed by atoms with van der Waals surface area (Å²) in [6, 6.07) is 10.9. The third kappa shape index (κ3) is 1.86. The summed E-state index contributed by atoms with van der Waals surface area (Å²) in [6.45, 7) is 3.96. The van der Waals surface area contributed by atoms with Gasteiger partial charge in [0.2, 0.25) is 5.89 Å². The lowest BCUT2D eigenvalue weighted by molar-refractivity contribution is 0.0699. The molecule has 1 heterocycles. The van der Waals surface area contributed by atoms with Gasteiger partial charge in [0.25, 0.3) is 0 Å². The van der Waals surface area contributed by atoms with Crippen molar-refractivity contribution in [1.82, 2.24) is 4.98 Å². The molecule has 0 bridgehead atoms. The van der Waals surface area contributed by atoms with Gasteiger partial charge in [-0.1, -0.05) is 24.3 Å². The number of benzene rings is 2. The van der Waals surface area contributed by atoms with Crippen LogP contribution >= 0.6 is 0 Å². The number of para-hydroxylation sites is 1. The van der Waals surface area contributed by atoms with E-state index in [9.17, 15) is 9.90 Å². The molecule has 100 valence electrons. The molecule has 1 N–H and O–H groups in total. The Labute approximate surface area is 115 Å². The number of fused-ring (bicyclic) bond motifs is 1. The van der Waals surface area contributed by atoms with Gasteiger partial charge in [-0.25, -0.2) is 9.78 Å².